The molecule has 5 nitrogen and oxygen atoms in total. The lowest BCUT2D eigenvalue weighted by molar-refractivity contribution is -0.121. The summed E-state index contributed by atoms with van der Waals surface area (Å²) in [5.41, 5.74) is 1.21. The highest BCUT2D eigenvalue weighted by molar-refractivity contribution is 7.71. The molecule has 24 heavy (non-hydrogen) atoms. The average Bonchev–Trinajstić information content (AvgIpc) is 3.24. The largest absolute Gasteiger partial charge is 0.354 e. The van der Waals surface area contributed by atoms with Crippen molar-refractivity contribution in [1.82, 2.24) is 20.1 Å². The molecule has 0 bridgehead atoms. The quantitative estimate of drug-likeness (QED) is 0.662. The zero-order valence-electron chi connectivity index (χ0n) is 13.2. The number of nitrogens with one attached hydrogen (secondary N) is 2. The number of nitrogens with zero attached hydrogens (tertiary/aromatic N) is 2. The van der Waals surface area contributed by atoms with Gasteiger partial charge >= 0.3 is 0 Å². The average molecular weight is 358 g/mol. The second-order valence-corrected chi connectivity index (χ2v) is 6.87. The highest BCUT2D eigenvalue weighted by Crippen LogP contribution is 2.22. The highest BCUT2D eigenvalue weighted by atomic mass is 32.1. The summed E-state index contributed by atoms with van der Waals surface area (Å²) in [7, 11) is 0. The lowest BCUT2D eigenvalue weighted by atomic mass is 10.0. The number of rotatable bonds is 6. The Hall–Kier alpha value is -2.25. The maximum atomic E-state index is 12.3. The van der Waals surface area contributed by atoms with Crippen LogP contribution in [0.1, 0.15) is 18.4 Å². The van der Waals surface area contributed by atoms with Crippen molar-refractivity contribution in [3.63, 3.8) is 0 Å². The van der Waals surface area contributed by atoms with Crippen molar-refractivity contribution in [2.45, 2.75) is 19.4 Å². The van der Waals surface area contributed by atoms with Gasteiger partial charge in [-0.25, -0.2) is 0 Å². The fraction of sp³-hybridized carbons (Fsp3) is 0.235. The first-order chi connectivity index (χ1) is 11.6. The fourth-order valence-electron chi connectivity index (χ4n) is 2.42. The molecule has 0 saturated heterocycles. The van der Waals surface area contributed by atoms with Crippen LogP contribution in [0.5, 0.6) is 0 Å². The molecule has 2 aromatic heterocycles. The molecule has 2 heterocycles. The van der Waals surface area contributed by atoms with E-state index in [0.717, 1.165) is 4.88 Å². The maximum Gasteiger partial charge on any atom is 0.240 e. The van der Waals surface area contributed by atoms with E-state index < -0.39 is 0 Å². The van der Waals surface area contributed by atoms with E-state index in [1.807, 2.05) is 35.7 Å². The van der Waals surface area contributed by atoms with Gasteiger partial charge in [-0.2, -0.15) is 5.10 Å². The molecule has 2 N–H and O–H groups in total. The van der Waals surface area contributed by atoms with Crippen LogP contribution in [0.2, 0.25) is 0 Å². The molecule has 0 saturated carbocycles. The Labute approximate surface area is 149 Å². The third-order valence-corrected chi connectivity index (χ3v) is 4.95. The second-order valence-electron chi connectivity index (χ2n) is 5.53. The maximum absolute atomic E-state index is 12.3. The number of H-pyrrole nitrogens is 1. The molecule has 3 rings (SSSR count). The van der Waals surface area contributed by atoms with Crippen LogP contribution in [0.15, 0.2) is 47.8 Å². The third-order valence-electron chi connectivity index (χ3n) is 3.78. The minimum Gasteiger partial charge on any atom is -0.354 e. The van der Waals surface area contributed by atoms with Crippen molar-refractivity contribution in [3.05, 3.63) is 58.2 Å². The zero-order chi connectivity index (χ0) is 16.9. The van der Waals surface area contributed by atoms with Gasteiger partial charge in [0.15, 0.2) is 10.6 Å². The van der Waals surface area contributed by atoms with Crippen LogP contribution in [-0.4, -0.2) is 27.2 Å². The summed E-state index contributed by atoms with van der Waals surface area (Å²) in [6.07, 6.45) is 0. The van der Waals surface area contributed by atoms with Crippen molar-refractivity contribution in [3.8, 4) is 10.7 Å². The van der Waals surface area contributed by atoms with E-state index in [9.17, 15) is 4.79 Å². The fourth-order valence-corrected chi connectivity index (χ4v) is 3.34. The minimum atomic E-state index is -0.0758. The molecule has 1 amide bonds. The SMILES string of the molecule is C[C@@H](CNC(=O)Cn1c(-c2cccs2)n[nH]c1=S)c1ccccc1. The van der Waals surface area contributed by atoms with Gasteiger partial charge in [-0.3, -0.25) is 14.5 Å². The van der Waals surface area contributed by atoms with Crippen LogP contribution in [0, 0.1) is 4.77 Å². The van der Waals surface area contributed by atoms with E-state index in [1.165, 1.54) is 5.56 Å². The number of aromatic nitrogens is 3. The number of aromatic amines is 1. The first-order valence-electron chi connectivity index (χ1n) is 7.66. The van der Waals surface area contributed by atoms with Crippen LogP contribution in [0.4, 0.5) is 0 Å². The Morgan fingerprint density at radius 2 is 2.12 bits per heavy atom. The number of carbonyl (C=O) groups is 1. The molecule has 0 aliphatic carbocycles. The highest BCUT2D eigenvalue weighted by Gasteiger charge is 2.14. The summed E-state index contributed by atoms with van der Waals surface area (Å²) in [6, 6.07) is 14.0. The van der Waals surface area contributed by atoms with Gasteiger partial charge in [0.25, 0.3) is 0 Å². The topological polar surface area (TPSA) is 62.7 Å². The van der Waals surface area contributed by atoms with Crippen molar-refractivity contribution in [1.29, 1.82) is 0 Å². The van der Waals surface area contributed by atoms with E-state index >= 15 is 0 Å². The second kappa shape index (κ2) is 7.55. The zero-order valence-corrected chi connectivity index (χ0v) is 14.9. The van der Waals surface area contributed by atoms with Crippen LogP contribution >= 0.6 is 23.6 Å². The lowest BCUT2D eigenvalue weighted by Gasteiger charge is -2.13. The van der Waals surface area contributed by atoms with Gasteiger partial charge in [-0.15, -0.1) is 11.3 Å². The summed E-state index contributed by atoms with van der Waals surface area (Å²) in [6.45, 7) is 2.84. The smallest absolute Gasteiger partial charge is 0.240 e. The van der Waals surface area contributed by atoms with E-state index in [4.69, 9.17) is 12.2 Å². The minimum absolute atomic E-state index is 0.0758. The van der Waals surface area contributed by atoms with Gasteiger partial charge in [0.05, 0.1) is 4.88 Å². The van der Waals surface area contributed by atoms with E-state index in [0.29, 0.717) is 17.1 Å². The Morgan fingerprint density at radius 1 is 1.33 bits per heavy atom. The Bertz CT molecular complexity index is 852. The molecule has 0 radical (unpaired) electrons. The van der Waals surface area contributed by atoms with Gasteiger partial charge in [0, 0.05) is 6.54 Å². The first kappa shape index (κ1) is 16.6. The summed E-state index contributed by atoms with van der Waals surface area (Å²) in [4.78, 5) is 13.3. The summed E-state index contributed by atoms with van der Waals surface area (Å²) in [5, 5.41) is 11.9. The van der Waals surface area contributed by atoms with E-state index in [1.54, 1.807) is 15.9 Å². The number of carbonyl (C=O) groups excluding carboxylic acids is 1. The summed E-state index contributed by atoms with van der Waals surface area (Å²) >= 11 is 6.81. The molecule has 124 valence electrons. The van der Waals surface area contributed by atoms with Crippen LogP contribution in [0.25, 0.3) is 10.7 Å². The number of thiophene rings is 1. The van der Waals surface area contributed by atoms with Gasteiger partial charge in [0.2, 0.25) is 5.91 Å². The molecule has 3 aromatic rings. The molecule has 0 unspecified atom stereocenters. The van der Waals surface area contributed by atoms with Crippen LogP contribution in [0.3, 0.4) is 0 Å². The molecule has 0 aliphatic rings. The Balaban J connectivity index is 1.64. The number of benzene rings is 1. The predicted molar refractivity (Wildman–Crippen MR) is 98.6 cm³/mol. The summed E-state index contributed by atoms with van der Waals surface area (Å²) < 4.78 is 2.17. The van der Waals surface area contributed by atoms with Gasteiger partial charge < -0.3 is 5.32 Å². The van der Waals surface area contributed by atoms with Crippen molar-refractivity contribution >= 4 is 29.5 Å². The monoisotopic (exact) mass is 358 g/mol. The lowest BCUT2D eigenvalue weighted by Crippen LogP contribution is -2.31. The van der Waals surface area contributed by atoms with E-state index in [2.05, 4.69) is 34.6 Å². The molecule has 1 atom stereocenters. The van der Waals surface area contributed by atoms with Crippen LogP contribution in [-0.2, 0) is 11.3 Å². The number of hydrogen-bond donors (Lipinski definition) is 2. The van der Waals surface area contributed by atoms with Crippen molar-refractivity contribution < 1.29 is 4.79 Å². The predicted octanol–water partition coefficient (Wildman–Crippen LogP) is 3.59. The summed E-state index contributed by atoms with van der Waals surface area (Å²) in [5.74, 6) is 0.874. The molecular weight excluding hydrogens is 340 g/mol. The van der Waals surface area contributed by atoms with Gasteiger partial charge in [-0.1, -0.05) is 43.3 Å². The standard InChI is InChI=1S/C17H18N4OS2/c1-12(13-6-3-2-4-7-13)10-18-15(22)11-21-16(19-20-17(21)23)14-8-5-9-24-14/h2-9,12H,10-11H2,1H3,(H,18,22)(H,20,23)/t12-/m0/s1. The van der Waals surface area contributed by atoms with Crippen molar-refractivity contribution in [2.75, 3.05) is 6.54 Å². The Morgan fingerprint density at radius 3 is 2.83 bits per heavy atom. The van der Waals surface area contributed by atoms with Crippen LogP contribution < -0.4 is 5.32 Å². The van der Waals surface area contributed by atoms with Gasteiger partial charge in [-0.05, 0) is 35.1 Å². The van der Waals surface area contributed by atoms with E-state index in [-0.39, 0.29) is 18.4 Å². The molecule has 0 fully saturated rings. The first-order valence-corrected chi connectivity index (χ1v) is 8.94. The molecule has 0 spiro atoms. The Kier molecular flexibility index (Phi) is 5.22. The number of amides is 1. The molecular formula is C17H18N4OS2. The van der Waals surface area contributed by atoms with Crippen molar-refractivity contribution in [2.24, 2.45) is 0 Å². The normalized spacial score (nSPS) is 12.0. The molecule has 1 aromatic carbocycles. The van der Waals surface area contributed by atoms with Gasteiger partial charge in [0.1, 0.15) is 6.54 Å². The molecule has 0 aliphatic heterocycles. The number of hydrogen-bond acceptors (Lipinski definition) is 4. The third kappa shape index (κ3) is 3.80. The molecule has 7 heteroatoms.